The Bertz CT molecular complexity index is 959. The Balaban J connectivity index is 1.61. The molecule has 2 aromatic rings. The van der Waals surface area contributed by atoms with E-state index >= 15 is 0 Å². The lowest BCUT2D eigenvalue weighted by Gasteiger charge is -2.25. The molecule has 148 valence electrons. The number of rotatable bonds is 6. The van der Waals surface area contributed by atoms with Gasteiger partial charge in [0, 0.05) is 20.0 Å². The second-order valence-corrected chi connectivity index (χ2v) is 8.46. The van der Waals surface area contributed by atoms with E-state index in [4.69, 9.17) is 5.14 Å². The second kappa shape index (κ2) is 8.12. The van der Waals surface area contributed by atoms with E-state index in [9.17, 15) is 18.0 Å². The van der Waals surface area contributed by atoms with Gasteiger partial charge in [0.1, 0.15) is 0 Å². The smallest absolute Gasteiger partial charge is 0.238 e. The number of primary sulfonamides is 1. The molecule has 0 radical (unpaired) electrons. The van der Waals surface area contributed by atoms with Gasteiger partial charge in [0.15, 0.2) is 0 Å². The second-order valence-electron chi connectivity index (χ2n) is 6.90. The van der Waals surface area contributed by atoms with Gasteiger partial charge < -0.3 is 10.2 Å². The first kappa shape index (κ1) is 20.0. The first-order valence-corrected chi connectivity index (χ1v) is 10.5. The van der Waals surface area contributed by atoms with Crippen molar-refractivity contribution in [1.82, 2.24) is 10.2 Å². The first-order chi connectivity index (χ1) is 13.3. The molecule has 0 aromatic heterocycles. The summed E-state index contributed by atoms with van der Waals surface area (Å²) in [6.45, 7) is 0.392. The largest absolute Gasteiger partial charge is 0.355 e. The fourth-order valence-corrected chi connectivity index (χ4v) is 4.03. The zero-order valence-corrected chi connectivity index (χ0v) is 16.4. The Hall–Kier alpha value is -2.71. The van der Waals surface area contributed by atoms with Crippen molar-refractivity contribution in [3.8, 4) is 0 Å². The van der Waals surface area contributed by atoms with E-state index < -0.39 is 15.9 Å². The molecule has 0 aliphatic carbocycles. The molecule has 1 heterocycles. The van der Waals surface area contributed by atoms with E-state index in [0.717, 1.165) is 11.1 Å². The molecule has 1 aliphatic heterocycles. The molecule has 28 heavy (non-hydrogen) atoms. The van der Waals surface area contributed by atoms with Crippen molar-refractivity contribution in [2.24, 2.45) is 11.1 Å². The number of benzene rings is 2. The van der Waals surface area contributed by atoms with Crippen molar-refractivity contribution < 1.29 is 18.0 Å². The number of hydrogen-bond acceptors (Lipinski definition) is 4. The Morgan fingerprint density at radius 3 is 2.39 bits per heavy atom. The summed E-state index contributed by atoms with van der Waals surface area (Å²) in [7, 11) is -1.99. The van der Waals surface area contributed by atoms with Gasteiger partial charge in [-0.15, -0.1) is 0 Å². The number of likely N-dealkylation sites (tertiary alicyclic amines) is 1. The van der Waals surface area contributed by atoms with Gasteiger partial charge in [-0.3, -0.25) is 9.59 Å². The third-order valence-corrected chi connectivity index (χ3v) is 5.96. The maximum atomic E-state index is 12.7. The van der Waals surface area contributed by atoms with E-state index in [1.165, 1.54) is 12.1 Å². The van der Waals surface area contributed by atoms with Crippen LogP contribution in [0.4, 0.5) is 0 Å². The van der Waals surface area contributed by atoms with Crippen LogP contribution >= 0.6 is 0 Å². The fraction of sp³-hybridized carbons (Fsp3) is 0.300. The summed E-state index contributed by atoms with van der Waals surface area (Å²) in [5.74, 6) is -0.648. The molecular weight excluding hydrogens is 378 g/mol. The first-order valence-electron chi connectivity index (χ1n) is 8.97. The molecule has 1 aliphatic rings. The van der Waals surface area contributed by atoms with Gasteiger partial charge in [0.25, 0.3) is 0 Å². The highest BCUT2D eigenvalue weighted by atomic mass is 32.2. The summed E-state index contributed by atoms with van der Waals surface area (Å²) < 4.78 is 22.6. The van der Waals surface area contributed by atoms with Crippen molar-refractivity contribution in [1.29, 1.82) is 0 Å². The van der Waals surface area contributed by atoms with Crippen LogP contribution in [0.15, 0.2) is 59.5 Å². The molecule has 3 rings (SSSR count). The third kappa shape index (κ3) is 4.40. The molecule has 1 saturated heterocycles. The SMILES string of the molecule is CN1C(=O)C[C@H](C(=O)NCCc2ccc(S(N)(=O)=O)cc2)[C@@H]1c1ccccc1. The number of nitrogens with one attached hydrogen (secondary N) is 1. The average Bonchev–Trinajstić information content (AvgIpc) is 2.97. The molecule has 0 bridgehead atoms. The molecule has 3 N–H and O–H groups in total. The van der Waals surface area contributed by atoms with Crippen molar-refractivity contribution in [2.75, 3.05) is 13.6 Å². The minimum Gasteiger partial charge on any atom is -0.355 e. The van der Waals surface area contributed by atoms with Crippen molar-refractivity contribution in [2.45, 2.75) is 23.8 Å². The Kier molecular flexibility index (Phi) is 5.81. The normalized spacial score (nSPS) is 19.6. The lowest BCUT2D eigenvalue weighted by atomic mass is 9.93. The van der Waals surface area contributed by atoms with Crippen molar-refractivity contribution >= 4 is 21.8 Å². The summed E-state index contributed by atoms with van der Waals surface area (Å²) in [5.41, 5.74) is 1.82. The highest BCUT2D eigenvalue weighted by Gasteiger charge is 2.42. The van der Waals surface area contributed by atoms with Crippen LogP contribution in [0.2, 0.25) is 0 Å². The summed E-state index contributed by atoms with van der Waals surface area (Å²) in [6, 6.07) is 15.5. The predicted molar refractivity (Wildman–Crippen MR) is 105 cm³/mol. The van der Waals surface area contributed by atoms with Gasteiger partial charge in [0.05, 0.1) is 16.9 Å². The summed E-state index contributed by atoms with van der Waals surface area (Å²) in [4.78, 5) is 26.6. The van der Waals surface area contributed by atoms with E-state index in [1.807, 2.05) is 30.3 Å². The molecule has 2 atom stereocenters. The van der Waals surface area contributed by atoms with Crippen molar-refractivity contribution in [3.05, 3.63) is 65.7 Å². The minimum absolute atomic E-state index is 0.0485. The van der Waals surface area contributed by atoms with Crippen LogP contribution in [0.5, 0.6) is 0 Å². The van der Waals surface area contributed by atoms with Gasteiger partial charge in [-0.2, -0.15) is 0 Å². The summed E-state index contributed by atoms with van der Waals surface area (Å²) >= 11 is 0. The highest BCUT2D eigenvalue weighted by molar-refractivity contribution is 7.89. The van der Waals surface area contributed by atoms with Crippen LogP contribution in [0.25, 0.3) is 0 Å². The number of carbonyl (C=O) groups excluding carboxylic acids is 2. The van der Waals surface area contributed by atoms with Crippen LogP contribution in [0.1, 0.15) is 23.6 Å². The summed E-state index contributed by atoms with van der Waals surface area (Å²) in [5, 5.41) is 7.98. The highest BCUT2D eigenvalue weighted by Crippen LogP contribution is 2.36. The van der Waals surface area contributed by atoms with E-state index in [2.05, 4.69) is 5.32 Å². The van der Waals surface area contributed by atoms with E-state index in [-0.39, 0.29) is 29.2 Å². The maximum absolute atomic E-state index is 12.7. The molecule has 0 unspecified atom stereocenters. The number of amides is 2. The lowest BCUT2D eigenvalue weighted by molar-refractivity contribution is -0.128. The standard InChI is InChI=1S/C20H23N3O4S/c1-23-18(24)13-17(19(23)15-5-3-2-4-6-15)20(25)22-12-11-14-7-9-16(10-8-14)28(21,26)27/h2-10,17,19H,11-13H2,1H3,(H,22,25)(H2,21,26,27)/t17-,19-/m0/s1. The van der Waals surface area contributed by atoms with Crippen LogP contribution in [0, 0.1) is 5.92 Å². The van der Waals surface area contributed by atoms with Crippen LogP contribution in [0.3, 0.4) is 0 Å². The molecule has 7 nitrogen and oxygen atoms in total. The summed E-state index contributed by atoms with van der Waals surface area (Å²) in [6.07, 6.45) is 0.730. The number of hydrogen-bond donors (Lipinski definition) is 2. The molecule has 2 amide bonds. The van der Waals surface area contributed by atoms with Crippen molar-refractivity contribution in [3.63, 3.8) is 0 Å². The number of sulfonamides is 1. The van der Waals surface area contributed by atoms with Crippen LogP contribution in [-0.2, 0) is 26.0 Å². The predicted octanol–water partition coefficient (Wildman–Crippen LogP) is 1.21. The zero-order chi connectivity index (χ0) is 20.3. The van der Waals surface area contributed by atoms with Gasteiger partial charge in [-0.05, 0) is 29.7 Å². The monoisotopic (exact) mass is 401 g/mol. The van der Waals surface area contributed by atoms with Gasteiger partial charge in [0.2, 0.25) is 21.8 Å². The topological polar surface area (TPSA) is 110 Å². The van der Waals surface area contributed by atoms with Gasteiger partial charge in [-0.1, -0.05) is 42.5 Å². The lowest BCUT2D eigenvalue weighted by Crippen LogP contribution is -2.35. The minimum atomic E-state index is -3.71. The molecule has 1 fully saturated rings. The average molecular weight is 401 g/mol. The van der Waals surface area contributed by atoms with Gasteiger partial charge in [-0.25, -0.2) is 13.6 Å². The Morgan fingerprint density at radius 1 is 1.14 bits per heavy atom. The zero-order valence-electron chi connectivity index (χ0n) is 15.5. The molecule has 0 spiro atoms. The Morgan fingerprint density at radius 2 is 1.79 bits per heavy atom. The molecular formula is C20H23N3O4S. The van der Waals surface area contributed by atoms with Gasteiger partial charge >= 0.3 is 0 Å². The maximum Gasteiger partial charge on any atom is 0.238 e. The molecule has 0 saturated carbocycles. The number of nitrogens with two attached hydrogens (primary N) is 1. The number of carbonyl (C=O) groups is 2. The molecule has 8 heteroatoms. The number of nitrogens with zero attached hydrogens (tertiary/aromatic N) is 1. The Labute approximate surface area is 164 Å². The van der Waals surface area contributed by atoms with Crippen LogP contribution < -0.4 is 10.5 Å². The third-order valence-electron chi connectivity index (χ3n) is 5.03. The quantitative estimate of drug-likeness (QED) is 0.758. The molecule has 2 aromatic carbocycles. The van der Waals surface area contributed by atoms with E-state index in [0.29, 0.717) is 13.0 Å². The fourth-order valence-electron chi connectivity index (χ4n) is 3.52. The van der Waals surface area contributed by atoms with E-state index in [1.54, 1.807) is 24.1 Å². The van der Waals surface area contributed by atoms with Crippen LogP contribution in [-0.4, -0.2) is 38.7 Å².